The van der Waals surface area contributed by atoms with Gasteiger partial charge in [-0.3, -0.25) is 0 Å². The number of alkyl carbamates (subject to hydrolysis) is 1. The average Bonchev–Trinajstić information content (AvgIpc) is 3.03. The molecule has 0 heterocycles. The minimum Gasteiger partial charge on any atom is -0.467 e. The van der Waals surface area contributed by atoms with Crippen LogP contribution in [0.1, 0.15) is 29.9 Å². The second kappa shape index (κ2) is 8.37. The van der Waals surface area contributed by atoms with E-state index in [0.29, 0.717) is 0 Å². The first kappa shape index (κ1) is 18.5. The van der Waals surface area contributed by atoms with Gasteiger partial charge in [0.25, 0.3) is 0 Å². The van der Waals surface area contributed by atoms with Crippen LogP contribution in [0.5, 0.6) is 0 Å². The molecule has 6 heteroatoms. The van der Waals surface area contributed by atoms with Gasteiger partial charge in [0, 0.05) is 12.3 Å². The number of hydrogen-bond acceptors (Lipinski definition) is 5. The SMILES string of the molecule is COC(=O)[C@H](CCC#N)NC(=O)OCC1c2ccccc2-c2ccccc21. The zero-order valence-electron chi connectivity index (χ0n) is 15.0. The van der Waals surface area contributed by atoms with Crippen LogP contribution in [0.25, 0.3) is 11.1 Å². The van der Waals surface area contributed by atoms with Crippen molar-refractivity contribution in [3.63, 3.8) is 0 Å². The Labute approximate surface area is 157 Å². The molecule has 1 atom stereocenters. The molecule has 0 saturated heterocycles. The molecule has 27 heavy (non-hydrogen) atoms. The summed E-state index contributed by atoms with van der Waals surface area (Å²) in [6, 6.07) is 17.1. The quantitative estimate of drug-likeness (QED) is 0.794. The summed E-state index contributed by atoms with van der Waals surface area (Å²) in [4.78, 5) is 23.9. The lowest BCUT2D eigenvalue weighted by molar-refractivity contribution is -0.143. The molecule has 1 aliphatic carbocycles. The average molecular weight is 364 g/mol. The van der Waals surface area contributed by atoms with E-state index in [1.54, 1.807) is 0 Å². The molecule has 0 aliphatic heterocycles. The van der Waals surface area contributed by atoms with Crippen molar-refractivity contribution in [2.45, 2.75) is 24.8 Å². The van der Waals surface area contributed by atoms with E-state index in [1.807, 2.05) is 42.5 Å². The number of hydrogen-bond donors (Lipinski definition) is 1. The first-order chi connectivity index (χ1) is 13.2. The number of methoxy groups -OCH3 is 1. The predicted molar refractivity (Wildman–Crippen MR) is 98.9 cm³/mol. The van der Waals surface area contributed by atoms with Gasteiger partial charge >= 0.3 is 12.1 Å². The highest BCUT2D eigenvalue weighted by Crippen LogP contribution is 2.44. The molecule has 2 aromatic carbocycles. The van der Waals surface area contributed by atoms with Crippen molar-refractivity contribution in [1.29, 1.82) is 5.26 Å². The van der Waals surface area contributed by atoms with Crippen LogP contribution in [0, 0.1) is 11.3 Å². The van der Waals surface area contributed by atoms with Crippen LogP contribution in [-0.2, 0) is 14.3 Å². The Morgan fingerprint density at radius 3 is 2.26 bits per heavy atom. The van der Waals surface area contributed by atoms with Gasteiger partial charge < -0.3 is 14.8 Å². The summed E-state index contributed by atoms with van der Waals surface area (Å²) in [5.41, 5.74) is 4.51. The molecule has 0 spiro atoms. The lowest BCUT2D eigenvalue weighted by Crippen LogP contribution is -2.42. The standard InChI is InChI=1S/C21H20N2O4/c1-26-20(24)19(11-6-12-22)23-21(25)27-13-18-16-9-4-2-7-14(16)15-8-3-5-10-17(15)18/h2-5,7-10,18-19H,6,11,13H2,1H3,(H,23,25)/t19-/m0/s1. The van der Waals surface area contributed by atoms with E-state index in [9.17, 15) is 9.59 Å². The Balaban J connectivity index is 1.68. The van der Waals surface area contributed by atoms with E-state index >= 15 is 0 Å². The molecular formula is C21H20N2O4. The third kappa shape index (κ3) is 3.93. The largest absolute Gasteiger partial charge is 0.467 e. The van der Waals surface area contributed by atoms with E-state index in [4.69, 9.17) is 10.00 Å². The number of esters is 1. The first-order valence-corrected chi connectivity index (χ1v) is 8.72. The normalized spacial score (nSPS) is 13.0. The van der Waals surface area contributed by atoms with E-state index in [2.05, 4.69) is 22.2 Å². The fourth-order valence-electron chi connectivity index (χ4n) is 3.38. The van der Waals surface area contributed by atoms with Crippen LogP contribution < -0.4 is 5.32 Å². The van der Waals surface area contributed by atoms with Crippen LogP contribution in [0.3, 0.4) is 0 Å². The number of carbonyl (C=O) groups is 2. The van der Waals surface area contributed by atoms with Gasteiger partial charge in [-0.25, -0.2) is 9.59 Å². The molecule has 0 unspecified atom stereocenters. The fourth-order valence-corrected chi connectivity index (χ4v) is 3.38. The van der Waals surface area contributed by atoms with Crippen LogP contribution in [-0.4, -0.2) is 31.8 Å². The Morgan fingerprint density at radius 2 is 1.70 bits per heavy atom. The van der Waals surface area contributed by atoms with Gasteiger partial charge in [-0.2, -0.15) is 5.26 Å². The highest BCUT2D eigenvalue weighted by molar-refractivity contribution is 5.82. The van der Waals surface area contributed by atoms with Crippen molar-refractivity contribution >= 4 is 12.1 Å². The Bertz CT molecular complexity index is 842. The predicted octanol–water partition coefficient (Wildman–Crippen LogP) is 3.37. The number of fused-ring (bicyclic) bond motifs is 3. The Morgan fingerprint density at radius 1 is 1.11 bits per heavy atom. The van der Waals surface area contributed by atoms with E-state index in [0.717, 1.165) is 22.3 Å². The van der Waals surface area contributed by atoms with Gasteiger partial charge in [0.05, 0.1) is 13.2 Å². The second-order valence-electron chi connectivity index (χ2n) is 6.24. The van der Waals surface area contributed by atoms with Crippen molar-refractivity contribution < 1.29 is 19.1 Å². The summed E-state index contributed by atoms with van der Waals surface area (Å²) < 4.78 is 10.1. The van der Waals surface area contributed by atoms with Gasteiger partial charge in [0.1, 0.15) is 12.6 Å². The van der Waals surface area contributed by atoms with E-state index in [-0.39, 0.29) is 25.4 Å². The van der Waals surface area contributed by atoms with Crippen molar-refractivity contribution in [3.05, 3.63) is 59.7 Å². The van der Waals surface area contributed by atoms with Crippen molar-refractivity contribution in [1.82, 2.24) is 5.32 Å². The highest BCUT2D eigenvalue weighted by atomic mass is 16.6. The number of carbonyl (C=O) groups excluding carboxylic acids is 2. The number of nitrogens with zero attached hydrogens (tertiary/aromatic N) is 1. The lowest BCUT2D eigenvalue weighted by Gasteiger charge is -2.17. The van der Waals surface area contributed by atoms with Gasteiger partial charge in [-0.1, -0.05) is 48.5 Å². The minimum absolute atomic E-state index is 0.0566. The van der Waals surface area contributed by atoms with Gasteiger partial charge in [0.15, 0.2) is 0 Å². The van der Waals surface area contributed by atoms with E-state index in [1.165, 1.54) is 7.11 Å². The fraction of sp³-hybridized carbons (Fsp3) is 0.286. The number of nitriles is 1. The maximum atomic E-state index is 12.2. The summed E-state index contributed by atoms with van der Waals surface area (Å²) >= 11 is 0. The van der Waals surface area contributed by atoms with Crippen molar-refractivity contribution in [2.24, 2.45) is 0 Å². The van der Waals surface area contributed by atoms with E-state index < -0.39 is 18.1 Å². The van der Waals surface area contributed by atoms with Gasteiger partial charge in [-0.05, 0) is 28.7 Å². The lowest BCUT2D eigenvalue weighted by atomic mass is 9.98. The molecule has 0 bridgehead atoms. The molecule has 0 saturated carbocycles. The van der Waals surface area contributed by atoms with Crippen LogP contribution in [0.15, 0.2) is 48.5 Å². The molecule has 0 aromatic heterocycles. The third-order valence-corrected chi connectivity index (χ3v) is 4.67. The maximum Gasteiger partial charge on any atom is 0.407 e. The molecular weight excluding hydrogens is 344 g/mol. The number of ether oxygens (including phenoxy) is 2. The minimum atomic E-state index is -0.898. The zero-order chi connectivity index (χ0) is 19.2. The molecule has 1 amide bonds. The number of rotatable bonds is 6. The van der Waals surface area contributed by atoms with Crippen LogP contribution in [0.2, 0.25) is 0 Å². The Kier molecular flexibility index (Phi) is 5.72. The van der Waals surface area contributed by atoms with Crippen LogP contribution >= 0.6 is 0 Å². The number of benzene rings is 2. The molecule has 1 N–H and O–H groups in total. The molecule has 6 nitrogen and oxygen atoms in total. The molecule has 0 fully saturated rings. The second-order valence-corrected chi connectivity index (χ2v) is 6.24. The summed E-state index contributed by atoms with van der Waals surface area (Å²) in [5, 5.41) is 11.2. The summed E-state index contributed by atoms with van der Waals surface area (Å²) in [6.07, 6.45) is -0.401. The van der Waals surface area contributed by atoms with Crippen LogP contribution in [0.4, 0.5) is 4.79 Å². The van der Waals surface area contributed by atoms with Crippen molar-refractivity contribution in [2.75, 3.05) is 13.7 Å². The topological polar surface area (TPSA) is 88.4 Å². The monoisotopic (exact) mass is 364 g/mol. The summed E-state index contributed by atoms with van der Waals surface area (Å²) in [7, 11) is 1.24. The third-order valence-electron chi connectivity index (χ3n) is 4.67. The van der Waals surface area contributed by atoms with Gasteiger partial charge in [0.2, 0.25) is 0 Å². The molecule has 3 rings (SSSR count). The summed E-state index contributed by atoms with van der Waals surface area (Å²) in [6.45, 7) is 0.159. The highest BCUT2D eigenvalue weighted by Gasteiger charge is 2.29. The first-order valence-electron chi connectivity index (χ1n) is 8.72. The zero-order valence-corrected chi connectivity index (χ0v) is 15.0. The molecule has 1 aliphatic rings. The molecule has 0 radical (unpaired) electrons. The van der Waals surface area contributed by atoms with Gasteiger partial charge in [-0.15, -0.1) is 0 Å². The maximum absolute atomic E-state index is 12.2. The Hall–Kier alpha value is -3.33. The number of amides is 1. The smallest absolute Gasteiger partial charge is 0.407 e. The number of nitrogens with one attached hydrogen (secondary N) is 1. The molecule has 2 aromatic rings. The molecule has 138 valence electrons. The van der Waals surface area contributed by atoms with Crippen molar-refractivity contribution in [3.8, 4) is 17.2 Å². The summed E-state index contributed by atoms with van der Waals surface area (Å²) in [5.74, 6) is -0.655.